The molecule has 1 atom stereocenters. The molecule has 114 valence electrons. The SMILES string of the molecule is COc1cc([C@@H](N)C(F)(F)CO)cc([N+](=O)[O-])c1O.Cl. The van der Waals surface area contributed by atoms with E-state index >= 15 is 0 Å². The summed E-state index contributed by atoms with van der Waals surface area (Å²) in [5.74, 6) is -4.79. The monoisotopic (exact) mass is 314 g/mol. The van der Waals surface area contributed by atoms with Crippen LogP contribution in [0.3, 0.4) is 0 Å². The zero-order chi connectivity index (χ0) is 14.8. The maximum atomic E-state index is 13.3. The molecule has 0 bridgehead atoms. The molecule has 0 radical (unpaired) electrons. The van der Waals surface area contributed by atoms with Crippen LogP contribution in [-0.4, -0.2) is 34.8 Å². The number of aliphatic hydroxyl groups excluding tert-OH is 1. The van der Waals surface area contributed by atoms with Crippen LogP contribution >= 0.6 is 12.4 Å². The second kappa shape index (κ2) is 6.64. The van der Waals surface area contributed by atoms with Gasteiger partial charge in [0, 0.05) is 6.07 Å². The Morgan fingerprint density at radius 1 is 1.55 bits per heavy atom. The van der Waals surface area contributed by atoms with E-state index in [2.05, 4.69) is 4.74 Å². The van der Waals surface area contributed by atoms with Crippen LogP contribution in [0.25, 0.3) is 0 Å². The highest BCUT2D eigenvalue weighted by Crippen LogP contribution is 2.40. The molecule has 0 saturated carbocycles. The molecule has 0 amide bonds. The van der Waals surface area contributed by atoms with E-state index in [0.717, 1.165) is 13.2 Å². The molecule has 0 aliphatic rings. The van der Waals surface area contributed by atoms with Gasteiger partial charge in [0.2, 0.25) is 5.75 Å². The van der Waals surface area contributed by atoms with E-state index < -0.39 is 34.9 Å². The Bertz CT molecular complexity index is 501. The number of benzene rings is 1. The van der Waals surface area contributed by atoms with Gasteiger partial charge in [-0.15, -0.1) is 12.4 Å². The van der Waals surface area contributed by atoms with E-state index in [0.29, 0.717) is 6.07 Å². The van der Waals surface area contributed by atoms with E-state index in [1.807, 2.05) is 0 Å². The molecule has 0 aliphatic heterocycles. The van der Waals surface area contributed by atoms with Gasteiger partial charge in [0.25, 0.3) is 5.92 Å². The van der Waals surface area contributed by atoms with Crippen LogP contribution in [0.15, 0.2) is 12.1 Å². The van der Waals surface area contributed by atoms with Crippen molar-refractivity contribution in [2.75, 3.05) is 13.7 Å². The Labute approximate surface area is 118 Å². The molecule has 0 fully saturated rings. The fourth-order valence-corrected chi connectivity index (χ4v) is 1.43. The van der Waals surface area contributed by atoms with Crippen molar-refractivity contribution >= 4 is 18.1 Å². The number of nitro groups is 1. The van der Waals surface area contributed by atoms with Gasteiger partial charge in [-0.2, -0.15) is 0 Å². The number of hydrogen-bond acceptors (Lipinski definition) is 6. The molecule has 0 aromatic heterocycles. The van der Waals surface area contributed by atoms with Gasteiger partial charge in [-0.1, -0.05) is 0 Å². The first kappa shape index (κ1) is 18.3. The summed E-state index contributed by atoms with van der Waals surface area (Å²) < 4.78 is 31.2. The Balaban J connectivity index is 0.00000361. The zero-order valence-electron chi connectivity index (χ0n) is 10.2. The summed E-state index contributed by atoms with van der Waals surface area (Å²) in [4.78, 5) is 9.74. The fraction of sp³-hybridized carbons (Fsp3) is 0.400. The highest BCUT2D eigenvalue weighted by Gasteiger charge is 2.38. The van der Waals surface area contributed by atoms with E-state index in [1.54, 1.807) is 0 Å². The van der Waals surface area contributed by atoms with Crippen molar-refractivity contribution in [2.24, 2.45) is 5.73 Å². The minimum atomic E-state index is -3.66. The number of rotatable bonds is 5. The molecule has 0 aliphatic carbocycles. The predicted octanol–water partition coefficient (Wildman–Crippen LogP) is 1.36. The van der Waals surface area contributed by atoms with Crippen LogP contribution < -0.4 is 10.5 Å². The molecule has 20 heavy (non-hydrogen) atoms. The van der Waals surface area contributed by atoms with E-state index in [1.165, 1.54) is 0 Å². The third-order valence-corrected chi connectivity index (χ3v) is 2.52. The molecular weight excluding hydrogens is 302 g/mol. The number of halogens is 3. The van der Waals surface area contributed by atoms with Crippen LogP contribution in [0.4, 0.5) is 14.5 Å². The third kappa shape index (κ3) is 3.44. The lowest BCUT2D eigenvalue weighted by Crippen LogP contribution is -2.36. The van der Waals surface area contributed by atoms with E-state index in [9.17, 15) is 24.0 Å². The predicted molar refractivity (Wildman–Crippen MR) is 67.5 cm³/mol. The van der Waals surface area contributed by atoms with Crippen molar-refractivity contribution in [3.05, 3.63) is 27.8 Å². The average molecular weight is 315 g/mol. The lowest BCUT2D eigenvalue weighted by atomic mass is 10.0. The smallest absolute Gasteiger partial charge is 0.314 e. The maximum Gasteiger partial charge on any atom is 0.314 e. The highest BCUT2D eigenvalue weighted by molar-refractivity contribution is 5.85. The molecule has 0 saturated heterocycles. The second-order valence-electron chi connectivity index (χ2n) is 3.74. The summed E-state index contributed by atoms with van der Waals surface area (Å²) >= 11 is 0. The van der Waals surface area contributed by atoms with Crippen molar-refractivity contribution in [1.29, 1.82) is 0 Å². The normalized spacial score (nSPS) is 12.4. The maximum absolute atomic E-state index is 13.3. The molecule has 0 heterocycles. The molecule has 10 heteroatoms. The number of phenols is 1. The number of nitrogens with zero attached hydrogens (tertiary/aromatic N) is 1. The van der Waals surface area contributed by atoms with Gasteiger partial charge in [0.05, 0.1) is 18.1 Å². The summed E-state index contributed by atoms with van der Waals surface area (Å²) in [6.45, 7) is -1.51. The van der Waals surface area contributed by atoms with Crippen molar-refractivity contribution in [2.45, 2.75) is 12.0 Å². The van der Waals surface area contributed by atoms with Crippen LogP contribution in [0, 0.1) is 10.1 Å². The largest absolute Gasteiger partial charge is 0.500 e. The van der Waals surface area contributed by atoms with Gasteiger partial charge in [0.1, 0.15) is 6.61 Å². The van der Waals surface area contributed by atoms with E-state index in [4.69, 9.17) is 10.8 Å². The van der Waals surface area contributed by atoms with Crippen molar-refractivity contribution in [3.8, 4) is 11.5 Å². The standard InChI is InChI=1S/C10H12F2N2O5.ClH/c1-19-7-3-5(9(13)10(11,12)4-15)2-6(8(7)16)14(17)18;/h2-3,9,15-16H,4,13H2,1H3;1H/t9-;/m1./s1. The van der Waals surface area contributed by atoms with Crippen LogP contribution in [0.5, 0.6) is 11.5 Å². The first-order valence-corrected chi connectivity index (χ1v) is 5.04. The van der Waals surface area contributed by atoms with E-state index in [-0.39, 0.29) is 23.7 Å². The van der Waals surface area contributed by atoms with Gasteiger partial charge in [-0.3, -0.25) is 10.1 Å². The number of hydrogen-bond donors (Lipinski definition) is 3. The number of phenolic OH excluding ortho intramolecular Hbond substituents is 1. The molecule has 1 aromatic carbocycles. The number of nitro benzene ring substituents is 1. The summed E-state index contributed by atoms with van der Waals surface area (Å²) in [7, 11) is 1.11. The number of alkyl halides is 2. The third-order valence-electron chi connectivity index (χ3n) is 2.52. The molecule has 0 spiro atoms. The first-order valence-electron chi connectivity index (χ1n) is 5.04. The molecular formula is C10H13ClF2N2O5. The van der Waals surface area contributed by atoms with Gasteiger partial charge in [-0.25, -0.2) is 8.78 Å². The Morgan fingerprint density at radius 3 is 2.50 bits per heavy atom. The van der Waals surface area contributed by atoms with Gasteiger partial charge >= 0.3 is 5.69 Å². The fourth-order valence-electron chi connectivity index (χ4n) is 1.43. The lowest BCUT2D eigenvalue weighted by Gasteiger charge is -2.22. The quantitative estimate of drug-likeness (QED) is 0.557. The number of nitrogens with two attached hydrogens (primary N) is 1. The Morgan fingerprint density at radius 2 is 2.10 bits per heavy atom. The summed E-state index contributed by atoms with van der Waals surface area (Å²) in [5, 5.41) is 28.7. The van der Waals surface area contributed by atoms with Crippen molar-refractivity contribution in [3.63, 3.8) is 0 Å². The van der Waals surface area contributed by atoms with Gasteiger partial charge in [0.15, 0.2) is 5.75 Å². The summed E-state index contributed by atoms with van der Waals surface area (Å²) in [6, 6.07) is -0.298. The van der Waals surface area contributed by atoms with Crippen LogP contribution in [0.1, 0.15) is 11.6 Å². The molecule has 4 N–H and O–H groups in total. The molecule has 7 nitrogen and oxygen atoms in total. The molecule has 1 rings (SSSR count). The van der Waals surface area contributed by atoms with Gasteiger partial charge in [-0.05, 0) is 11.6 Å². The lowest BCUT2D eigenvalue weighted by molar-refractivity contribution is -0.386. The number of ether oxygens (including phenoxy) is 1. The Kier molecular flexibility index (Phi) is 6.07. The molecule has 1 aromatic rings. The Hall–Kier alpha value is -1.71. The molecule has 0 unspecified atom stereocenters. The van der Waals surface area contributed by atoms with Crippen LogP contribution in [-0.2, 0) is 0 Å². The second-order valence-corrected chi connectivity index (χ2v) is 3.74. The topological polar surface area (TPSA) is 119 Å². The summed E-state index contributed by atoms with van der Waals surface area (Å²) in [5.41, 5.74) is 4.12. The van der Waals surface area contributed by atoms with Crippen molar-refractivity contribution < 1.29 is 28.7 Å². The average Bonchev–Trinajstić information content (AvgIpc) is 2.37. The van der Waals surface area contributed by atoms with Crippen LogP contribution in [0.2, 0.25) is 0 Å². The number of methoxy groups -OCH3 is 1. The zero-order valence-corrected chi connectivity index (χ0v) is 11.1. The van der Waals surface area contributed by atoms with Gasteiger partial charge < -0.3 is 20.7 Å². The summed E-state index contributed by atoms with van der Waals surface area (Å²) in [6.07, 6.45) is 0. The minimum Gasteiger partial charge on any atom is -0.500 e. The number of aliphatic hydroxyl groups is 1. The highest BCUT2D eigenvalue weighted by atomic mass is 35.5. The van der Waals surface area contributed by atoms with Crippen molar-refractivity contribution in [1.82, 2.24) is 0 Å². The minimum absolute atomic E-state index is 0. The number of aromatic hydroxyl groups is 1. The first-order chi connectivity index (χ1) is 8.74.